The lowest BCUT2D eigenvalue weighted by molar-refractivity contribution is -0.135. The standard InChI is InChI=1S/C31H35Cl2N3O5S2/c1-3-7-30(38)35(15-14-31(39)36(16-17-42)20-23-8-6-9-25(32)18-23)21-24-12-13-26(28(33)19-24)27-10-4-5-11-29(27)43(40,41)34-22(2)37/h4-6,8-13,18-19,42H,3,7,14-17,20-21H2,1-2H3,(H,34,37). The number of benzene rings is 3. The summed E-state index contributed by atoms with van der Waals surface area (Å²) in [4.78, 5) is 41.0. The van der Waals surface area contributed by atoms with Crippen molar-refractivity contribution in [2.45, 2.75) is 51.1 Å². The molecule has 0 aliphatic carbocycles. The minimum absolute atomic E-state index is 0.0818. The summed E-state index contributed by atoms with van der Waals surface area (Å²) in [7, 11) is -4.11. The van der Waals surface area contributed by atoms with Crippen LogP contribution in [0.5, 0.6) is 0 Å². The van der Waals surface area contributed by atoms with E-state index in [1.165, 1.54) is 6.07 Å². The summed E-state index contributed by atoms with van der Waals surface area (Å²) in [6.45, 7) is 4.32. The highest BCUT2D eigenvalue weighted by Crippen LogP contribution is 2.33. The van der Waals surface area contributed by atoms with Gasteiger partial charge in [-0.05, 0) is 41.8 Å². The zero-order valence-corrected chi connectivity index (χ0v) is 27.3. The number of hydrogen-bond donors (Lipinski definition) is 2. The van der Waals surface area contributed by atoms with E-state index in [9.17, 15) is 22.8 Å². The van der Waals surface area contributed by atoms with E-state index >= 15 is 0 Å². The zero-order valence-electron chi connectivity index (χ0n) is 24.1. The van der Waals surface area contributed by atoms with Crippen LogP contribution in [0.15, 0.2) is 71.6 Å². The number of carbonyl (C=O) groups excluding carboxylic acids is 3. The largest absolute Gasteiger partial charge is 0.338 e. The summed E-state index contributed by atoms with van der Waals surface area (Å²) in [6, 6.07) is 18.7. The molecule has 0 aromatic heterocycles. The second kappa shape index (κ2) is 16.1. The Bertz CT molecular complexity index is 1570. The summed E-state index contributed by atoms with van der Waals surface area (Å²) < 4.78 is 27.5. The molecule has 0 saturated heterocycles. The number of halogens is 2. The molecule has 8 nitrogen and oxygen atoms in total. The molecule has 0 heterocycles. The molecular formula is C31H35Cl2N3O5S2. The zero-order chi connectivity index (χ0) is 31.6. The molecule has 0 radical (unpaired) electrons. The summed E-state index contributed by atoms with van der Waals surface area (Å²) >= 11 is 17.1. The number of sulfonamides is 1. The molecule has 0 spiro atoms. The first kappa shape index (κ1) is 34.4. The number of rotatable bonds is 14. The number of amides is 3. The second-order valence-electron chi connectivity index (χ2n) is 9.96. The quantitative estimate of drug-likeness (QED) is 0.207. The average molecular weight is 665 g/mol. The molecule has 230 valence electrons. The molecule has 0 bridgehead atoms. The van der Waals surface area contributed by atoms with Gasteiger partial charge < -0.3 is 9.80 Å². The lowest BCUT2D eigenvalue weighted by Gasteiger charge is -2.26. The molecule has 3 aromatic rings. The second-order valence-corrected chi connectivity index (χ2v) is 12.9. The molecule has 0 aliphatic rings. The van der Waals surface area contributed by atoms with Crippen molar-refractivity contribution < 1.29 is 22.8 Å². The van der Waals surface area contributed by atoms with Crippen LogP contribution >= 0.6 is 35.8 Å². The molecule has 0 saturated carbocycles. The van der Waals surface area contributed by atoms with Crippen molar-refractivity contribution in [3.05, 3.63) is 87.9 Å². The van der Waals surface area contributed by atoms with E-state index in [0.717, 1.165) is 18.1 Å². The van der Waals surface area contributed by atoms with Crippen molar-refractivity contribution in [2.24, 2.45) is 0 Å². The van der Waals surface area contributed by atoms with Gasteiger partial charge in [-0.15, -0.1) is 0 Å². The number of nitrogens with zero attached hydrogens (tertiary/aromatic N) is 2. The fourth-order valence-electron chi connectivity index (χ4n) is 4.58. The smallest absolute Gasteiger partial charge is 0.264 e. The Morgan fingerprint density at radius 3 is 2.09 bits per heavy atom. The first-order chi connectivity index (χ1) is 20.4. The first-order valence-electron chi connectivity index (χ1n) is 13.8. The SMILES string of the molecule is CCCC(=O)N(CCC(=O)N(CCS)Cc1cccc(Cl)c1)Cc1ccc(-c2ccccc2S(=O)(=O)NC(C)=O)c(Cl)c1. The summed E-state index contributed by atoms with van der Waals surface area (Å²) in [5, 5.41) is 0.873. The predicted octanol–water partition coefficient (Wildman–Crippen LogP) is 5.96. The van der Waals surface area contributed by atoms with Crippen molar-refractivity contribution in [3.8, 4) is 11.1 Å². The van der Waals surface area contributed by atoms with Crippen molar-refractivity contribution in [1.29, 1.82) is 0 Å². The van der Waals surface area contributed by atoms with Gasteiger partial charge in [0.25, 0.3) is 10.0 Å². The van der Waals surface area contributed by atoms with Gasteiger partial charge >= 0.3 is 0 Å². The van der Waals surface area contributed by atoms with Crippen LogP contribution in [0.1, 0.15) is 44.2 Å². The topological polar surface area (TPSA) is 104 Å². The molecular weight excluding hydrogens is 629 g/mol. The summed E-state index contributed by atoms with van der Waals surface area (Å²) in [5.74, 6) is -0.401. The molecule has 43 heavy (non-hydrogen) atoms. The molecule has 0 aliphatic heterocycles. The van der Waals surface area contributed by atoms with Gasteiger partial charge in [-0.25, -0.2) is 13.1 Å². The van der Waals surface area contributed by atoms with Gasteiger partial charge in [0.15, 0.2) is 0 Å². The normalized spacial score (nSPS) is 11.2. The number of thiol groups is 1. The number of nitrogens with one attached hydrogen (secondary N) is 1. The van der Waals surface area contributed by atoms with Gasteiger partial charge in [-0.3, -0.25) is 14.4 Å². The minimum atomic E-state index is -4.11. The van der Waals surface area contributed by atoms with Crippen LogP contribution in [-0.4, -0.2) is 54.8 Å². The Kier molecular flexibility index (Phi) is 12.9. The molecule has 3 aromatic carbocycles. The van der Waals surface area contributed by atoms with Crippen LogP contribution in [0.2, 0.25) is 10.0 Å². The minimum Gasteiger partial charge on any atom is -0.338 e. The maximum atomic E-state index is 13.2. The van der Waals surface area contributed by atoms with Crippen molar-refractivity contribution in [3.63, 3.8) is 0 Å². The van der Waals surface area contributed by atoms with Gasteiger partial charge in [0.1, 0.15) is 0 Å². The molecule has 12 heteroatoms. The van der Waals surface area contributed by atoms with Crippen LogP contribution in [0.25, 0.3) is 11.1 Å². The van der Waals surface area contributed by atoms with Crippen LogP contribution in [-0.2, 0) is 37.5 Å². The van der Waals surface area contributed by atoms with Gasteiger partial charge in [0, 0.05) is 72.9 Å². The number of carbonyl (C=O) groups is 3. The maximum Gasteiger partial charge on any atom is 0.264 e. The van der Waals surface area contributed by atoms with Gasteiger partial charge in [0.2, 0.25) is 17.7 Å². The van der Waals surface area contributed by atoms with Crippen molar-refractivity contribution in [1.82, 2.24) is 14.5 Å². The lowest BCUT2D eigenvalue weighted by atomic mass is 10.0. The molecule has 0 atom stereocenters. The number of hydrogen-bond acceptors (Lipinski definition) is 6. The van der Waals surface area contributed by atoms with Gasteiger partial charge in [-0.1, -0.05) is 72.6 Å². The Labute approximate surface area is 268 Å². The van der Waals surface area contributed by atoms with Crippen molar-refractivity contribution in [2.75, 3.05) is 18.8 Å². The monoisotopic (exact) mass is 663 g/mol. The van der Waals surface area contributed by atoms with Crippen molar-refractivity contribution >= 4 is 63.6 Å². The van der Waals surface area contributed by atoms with Crippen LogP contribution < -0.4 is 4.72 Å². The lowest BCUT2D eigenvalue weighted by Crippen LogP contribution is -2.37. The van der Waals surface area contributed by atoms with E-state index in [1.54, 1.807) is 52.3 Å². The maximum absolute atomic E-state index is 13.2. The third kappa shape index (κ3) is 9.99. The molecule has 3 rings (SSSR count). The Morgan fingerprint density at radius 2 is 1.47 bits per heavy atom. The third-order valence-corrected chi connectivity index (χ3v) is 8.79. The molecule has 1 N–H and O–H groups in total. The van der Waals surface area contributed by atoms with Crippen LogP contribution in [0.3, 0.4) is 0 Å². The van der Waals surface area contributed by atoms with E-state index in [2.05, 4.69) is 12.6 Å². The summed E-state index contributed by atoms with van der Waals surface area (Å²) in [5.41, 5.74) is 2.42. The first-order valence-corrected chi connectivity index (χ1v) is 16.6. The van der Waals surface area contributed by atoms with E-state index < -0.39 is 15.9 Å². The Morgan fingerprint density at radius 1 is 0.814 bits per heavy atom. The molecule has 0 unspecified atom stereocenters. The summed E-state index contributed by atoms with van der Waals surface area (Å²) in [6.07, 6.45) is 1.12. The fourth-order valence-corrected chi connectivity index (χ4v) is 6.56. The fraction of sp³-hybridized carbons (Fsp3) is 0.323. The molecule has 0 fully saturated rings. The van der Waals surface area contributed by atoms with Crippen LogP contribution in [0.4, 0.5) is 0 Å². The van der Waals surface area contributed by atoms with Gasteiger partial charge in [0.05, 0.1) is 4.90 Å². The Hall–Kier alpha value is -3.05. The molecule has 3 amide bonds. The predicted molar refractivity (Wildman–Crippen MR) is 174 cm³/mol. The van der Waals surface area contributed by atoms with E-state index in [0.29, 0.717) is 47.8 Å². The Balaban J connectivity index is 1.80. The third-order valence-electron chi connectivity index (χ3n) is 6.55. The highest BCUT2D eigenvalue weighted by Gasteiger charge is 2.23. The highest BCUT2D eigenvalue weighted by atomic mass is 35.5. The van der Waals surface area contributed by atoms with E-state index in [-0.39, 0.29) is 41.2 Å². The van der Waals surface area contributed by atoms with E-state index in [4.69, 9.17) is 23.2 Å². The van der Waals surface area contributed by atoms with E-state index in [1.807, 2.05) is 29.8 Å². The van der Waals surface area contributed by atoms with Crippen LogP contribution in [0, 0.1) is 0 Å². The average Bonchev–Trinajstić information content (AvgIpc) is 2.94. The highest BCUT2D eigenvalue weighted by molar-refractivity contribution is 7.90. The van der Waals surface area contributed by atoms with Gasteiger partial charge in [-0.2, -0.15) is 12.6 Å².